The molecule has 0 aliphatic rings. The summed E-state index contributed by atoms with van der Waals surface area (Å²) >= 11 is 0. The van der Waals surface area contributed by atoms with Gasteiger partial charge in [0.1, 0.15) is 6.54 Å². The molecule has 0 aliphatic heterocycles. The Kier molecular flexibility index (Phi) is 8.09. The average Bonchev–Trinajstić information content (AvgIpc) is 2.92. The number of hydrogen-bond donors (Lipinski definition) is 4. The highest BCUT2D eigenvalue weighted by molar-refractivity contribution is 6.32. The molecule has 0 spiro atoms. The van der Waals surface area contributed by atoms with Crippen LogP contribution in [-0.2, 0) is 16.0 Å². The van der Waals surface area contributed by atoms with Crippen LogP contribution >= 0.6 is 0 Å². The quantitative estimate of drug-likeness (QED) is 0.212. The summed E-state index contributed by atoms with van der Waals surface area (Å²) in [6.07, 6.45) is 6.91. The van der Waals surface area contributed by atoms with Gasteiger partial charge in [-0.25, -0.2) is 4.68 Å². The highest BCUT2D eigenvalue weighted by Gasteiger charge is 2.17. The lowest BCUT2D eigenvalue weighted by Crippen LogP contribution is -2.30. The molecule has 1 aromatic heterocycles. The first-order valence-electron chi connectivity index (χ1n) is 6.74. The third-order valence-electron chi connectivity index (χ3n) is 2.75. The predicted molar refractivity (Wildman–Crippen MR) is 76.6 cm³/mol. The zero-order valence-corrected chi connectivity index (χ0v) is 12.1. The monoisotopic (exact) mass is 310 g/mol. The van der Waals surface area contributed by atoms with Crippen molar-refractivity contribution in [2.45, 2.75) is 31.8 Å². The Morgan fingerprint density at radius 1 is 1.55 bits per heavy atom. The van der Waals surface area contributed by atoms with Crippen molar-refractivity contribution in [3.05, 3.63) is 5.82 Å². The zero-order chi connectivity index (χ0) is 16.4. The summed E-state index contributed by atoms with van der Waals surface area (Å²) in [7, 11) is -1.76. The number of amides is 1. The van der Waals surface area contributed by atoms with Gasteiger partial charge in [-0.15, -0.1) is 11.5 Å². The molecule has 0 saturated carbocycles. The van der Waals surface area contributed by atoms with Crippen molar-refractivity contribution in [1.29, 1.82) is 0 Å². The van der Waals surface area contributed by atoms with E-state index in [0.29, 0.717) is 25.1 Å². The Bertz CT molecular complexity index is 503. The smallest absolute Gasteiger partial charge is 0.402 e. The SMILES string of the molecule is C#CCNC(=O)Cn1nnnc1[C@H](N)CCCCOB(O)O. The third kappa shape index (κ3) is 6.64. The second-order valence-electron chi connectivity index (χ2n) is 4.47. The Morgan fingerprint density at radius 3 is 3.00 bits per heavy atom. The van der Waals surface area contributed by atoms with E-state index in [1.165, 1.54) is 4.68 Å². The molecule has 1 atom stereocenters. The number of nitrogens with zero attached hydrogens (tertiary/aromatic N) is 4. The number of hydrogen-bond acceptors (Lipinski definition) is 8. The van der Waals surface area contributed by atoms with Crippen molar-refractivity contribution < 1.29 is 19.5 Å². The normalized spacial score (nSPS) is 11.7. The molecule has 11 heteroatoms. The van der Waals surface area contributed by atoms with Gasteiger partial charge in [-0.2, -0.15) is 0 Å². The molecule has 22 heavy (non-hydrogen) atoms. The van der Waals surface area contributed by atoms with Gasteiger partial charge in [-0.1, -0.05) is 5.92 Å². The van der Waals surface area contributed by atoms with E-state index < -0.39 is 13.4 Å². The maximum Gasteiger partial charge on any atom is 0.633 e. The van der Waals surface area contributed by atoms with Crippen LogP contribution in [0.2, 0.25) is 0 Å². The molecule has 0 saturated heterocycles. The number of rotatable bonds is 10. The van der Waals surface area contributed by atoms with Crippen LogP contribution in [0.25, 0.3) is 0 Å². The van der Waals surface area contributed by atoms with E-state index in [-0.39, 0.29) is 25.6 Å². The first-order chi connectivity index (χ1) is 10.5. The molecule has 0 unspecified atom stereocenters. The Hall–Kier alpha value is -2.00. The van der Waals surface area contributed by atoms with E-state index >= 15 is 0 Å². The number of tetrazole rings is 1. The first kappa shape index (κ1) is 18.1. The average molecular weight is 310 g/mol. The fourth-order valence-corrected chi connectivity index (χ4v) is 1.72. The molecule has 0 radical (unpaired) electrons. The van der Waals surface area contributed by atoms with Crippen LogP contribution in [0.1, 0.15) is 31.1 Å². The van der Waals surface area contributed by atoms with Gasteiger partial charge in [0.25, 0.3) is 0 Å². The highest BCUT2D eigenvalue weighted by atomic mass is 16.6. The van der Waals surface area contributed by atoms with Crippen molar-refractivity contribution >= 4 is 13.2 Å². The van der Waals surface area contributed by atoms with Gasteiger partial charge in [-0.3, -0.25) is 4.79 Å². The molecule has 1 rings (SSSR count). The molecular weight excluding hydrogens is 291 g/mol. The van der Waals surface area contributed by atoms with Gasteiger partial charge >= 0.3 is 7.32 Å². The summed E-state index contributed by atoms with van der Waals surface area (Å²) < 4.78 is 5.91. The topological polar surface area (TPSA) is 148 Å². The summed E-state index contributed by atoms with van der Waals surface area (Å²) in [5.74, 6) is 2.40. The van der Waals surface area contributed by atoms with Crippen molar-refractivity contribution in [2.24, 2.45) is 5.73 Å². The molecular formula is C11H19BN6O4. The van der Waals surface area contributed by atoms with Gasteiger partial charge in [-0.05, 0) is 29.7 Å². The summed E-state index contributed by atoms with van der Waals surface area (Å²) in [6.45, 7) is 0.292. The van der Waals surface area contributed by atoms with Crippen molar-refractivity contribution in [1.82, 2.24) is 25.5 Å². The van der Waals surface area contributed by atoms with Crippen LogP contribution in [-0.4, -0.2) is 56.6 Å². The minimum atomic E-state index is -1.76. The van der Waals surface area contributed by atoms with Crippen molar-refractivity contribution in [3.8, 4) is 12.3 Å². The van der Waals surface area contributed by atoms with Gasteiger partial charge in [0.05, 0.1) is 12.6 Å². The number of aromatic nitrogens is 4. The number of carbonyl (C=O) groups excluding carboxylic acids is 1. The van der Waals surface area contributed by atoms with Crippen LogP contribution in [0.5, 0.6) is 0 Å². The first-order valence-corrected chi connectivity index (χ1v) is 6.74. The van der Waals surface area contributed by atoms with Crippen LogP contribution in [0.15, 0.2) is 0 Å². The molecule has 1 aromatic rings. The van der Waals surface area contributed by atoms with E-state index in [1.807, 2.05) is 0 Å². The largest absolute Gasteiger partial charge is 0.633 e. The molecule has 0 fully saturated rings. The standard InChI is InChI=1S/C11H19BN6O4/c1-2-6-14-10(19)8-18-11(15-16-17-18)9(13)5-3-4-7-22-12(20)21/h1,9,20-21H,3-8,13H2,(H,14,19)/t9-/m1/s1. The van der Waals surface area contributed by atoms with E-state index in [4.69, 9.17) is 22.2 Å². The summed E-state index contributed by atoms with van der Waals surface area (Å²) in [4.78, 5) is 11.6. The molecule has 5 N–H and O–H groups in total. The minimum absolute atomic E-state index is 0.0580. The minimum Gasteiger partial charge on any atom is -0.402 e. The van der Waals surface area contributed by atoms with Crippen LogP contribution in [0, 0.1) is 12.3 Å². The Labute approximate surface area is 128 Å². The number of carbonyl (C=O) groups is 1. The van der Waals surface area contributed by atoms with Crippen LogP contribution in [0.3, 0.4) is 0 Å². The number of nitrogens with one attached hydrogen (secondary N) is 1. The highest BCUT2D eigenvalue weighted by Crippen LogP contribution is 2.13. The van der Waals surface area contributed by atoms with Crippen molar-refractivity contribution in [3.63, 3.8) is 0 Å². The second kappa shape index (κ2) is 9.85. The summed E-state index contributed by atoms with van der Waals surface area (Å²) in [6, 6.07) is -0.436. The van der Waals surface area contributed by atoms with Gasteiger partial charge in [0.2, 0.25) is 5.91 Å². The lowest BCUT2D eigenvalue weighted by Gasteiger charge is -2.11. The van der Waals surface area contributed by atoms with Crippen LogP contribution in [0.4, 0.5) is 0 Å². The van der Waals surface area contributed by atoms with Crippen LogP contribution < -0.4 is 11.1 Å². The van der Waals surface area contributed by atoms with Gasteiger partial charge in [0, 0.05) is 6.61 Å². The molecule has 0 aliphatic carbocycles. The molecule has 0 bridgehead atoms. The lowest BCUT2D eigenvalue weighted by molar-refractivity contribution is -0.121. The molecule has 1 amide bonds. The second-order valence-corrected chi connectivity index (χ2v) is 4.47. The Morgan fingerprint density at radius 2 is 2.32 bits per heavy atom. The number of nitrogens with two attached hydrogens (primary N) is 1. The van der Waals surface area contributed by atoms with E-state index in [1.54, 1.807) is 0 Å². The van der Waals surface area contributed by atoms with E-state index in [2.05, 4.69) is 31.4 Å². The predicted octanol–water partition coefficient (Wildman–Crippen LogP) is -2.42. The van der Waals surface area contributed by atoms with Crippen molar-refractivity contribution in [2.75, 3.05) is 13.2 Å². The Balaban J connectivity index is 2.40. The third-order valence-corrected chi connectivity index (χ3v) is 2.75. The lowest BCUT2D eigenvalue weighted by atomic mass is 10.1. The maximum absolute atomic E-state index is 11.6. The van der Waals surface area contributed by atoms with Gasteiger partial charge < -0.3 is 25.8 Å². The fourth-order valence-electron chi connectivity index (χ4n) is 1.72. The maximum atomic E-state index is 11.6. The van der Waals surface area contributed by atoms with Gasteiger partial charge in [0.15, 0.2) is 5.82 Å². The van der Waals surface area contributed by atoms with E-state index in [9.17, 15) is 4.79 Å². The zero-order valence-electron chi connectivity index (χ0n) is 12.1. The molecule has 1 heterocycles. The fraction of sp³-hybridized carbons (Fsp3) is 0.636. The molecule has 120 valence electrons. The molecule has 0 aromatic carbocycles. The van der Waals surface area contributed by atoms with E-state index in [0.717, 1.165) is 0 Å². The number of unbranched alkanes of at least 4 members (excludes halogenated alkanes) is 1. The molecule has 10 nitrogen and oxygen atoms in total. The summed E-state index contributed by atoms with van der Waals surface area (Å²) in [5.41, 5.74) is 5.99. The summed E-state index contributed by atoms with van der Waals surface area (Å²) in [5, 5.41) is 30.6. The number of terminal acetylenes is 1.